The topological polar surface area (TPSA) is 15.7 Å². The van der Waals surface area contributed by atoms with Crippen LogP contribution in [0.2, 0.25) is 0 Å². The number of nitrogens with zero attached hydrogens (tertiary/aromatic N) is 2. The van der Waals surface area contributed by atoms with Crippen molar-refractivity contribution >= 4 is 8.45 Å². The Morgan fingerprint density at radius 2 is 1.08 bits per heavy atom. The second-order valence-corrected chi connectivity index (χ2v) is 9.84. The van der Waals surface area contributed by atoms with Gasteiger partial charge < -0.3 is 4.52 Å². The molecule has 0 aliphatic heterocycles. The van der Waals surface area contributed by atoms with Crippen LogP contribution in [0.3, 0.4) is 0 Å². The van der Waals surface area contributed by atoms with Gasteiger partial charge in [-0.25, -0.2) is 9.34 Å². The molecule has 0 saturated carbocycles. The van der Waals surface area contributed by atoms with Crippen molar-refractivity contribution in [1.82, 2.24) is 9.34 Å². The summed E-state index contributed by atoms with van der Waals surface area (Å²) in [5.41, 5.74) is 3.87. The molecule has 4 heteroatoms. The van der Waals surface area contributed by atoms with E-state index in [2.05, 4.69) is 96.8 Å². The van der Waals surface area contributed by atoms with Gasteiger partial charge in [0.05, 0.1) is 6.61 Å². The van der Waals surface area contributed by atoms with E-state index in [0.29, 0.717) is 30.8 Å². The minimum Gasteiger partial charge on any atom is -0.326 e. The highest BCUT2D eigenvalue weighted by Crippen LogP contribution is 2.51. The van der Waals surface area contributed by atoms with Crippen molar-refractivity contribution in [3.8, 4) is 0 Å². The van der Waals surface area contributed by atoms with E-state index in [0.717, 1.165) is 0 Å². The van der Waals surface area contributed by atoms with Crippen LogP contribution in [-0.4, -0.2) is 33.5 Å². The molecule has 0 amide bonds. The summed E-state index contributed by atoms with van der Waals surface area (Å²) in [6.45, 7) is 23.2. The van der Waals surface area contributed by atoms with Crippen LogP contribution in [0.1, 0.15) is 72.1 Å². The Hall–Kier alpha value is -0.470. The van der Waals surface area contributed by atoms with E-state index in [-0.39, 0.29) is 0 Å². The highest BCUT2D eigenvalue weighted by Gasteiger charge is 2.34. The van der Waals surface area contributed by atoms with Crippen LogP contribution in [0.4, 0.5) is 0 Å². The Labute approximate surface area is 157 Å². The summed E-state index contributed by atoms with van der Waals surface area (Å²) in [6.07, 6.45) is 0. The Morgan fingerprint density at radius 3 is 1.40 bits per heavy atom. The Kier molecular flexibility index (Phi) is 9.04. The summed E-state index contributed by atoms with van der Waals surface area (Å²) < 4.78 is 11.7. The fourth-order valence-corrected chi connectivity index (χ4v) is 5.87. The molecule has 0 radical (unpaired) electrons. The molecular formula is C21H39N2OP. The molecule has 0 aliphatic rings. The Morgan fingerprint density at radius 1 is 0.720 bits per heavy atom. The minimum absolute atomic E-state index is 0.449. The zero-order chi connectivity index (χ0) is 19.3. The van der Waals surface area contributed by atoms with Crippen molar-refractivity contribution in [1.29, 1.82) is 0 Å². The number of hydrogen-bond acceptors (Lipinski definition) is 3. The van der Waals surface area contributed by atoms with Gasteiger partial charge in [-0.3, -0.25) is 0 Å². The molecule has 3 nitrogen and oxygen atoms in total. The van der Waals surface area contributed by atoms with Gasteiger partial charge in [0.25, 0.3) is 0 Å². The molecule has 0 aliphatic carbocycles. The zero-order valence-corrected chi connectivity index (χ0v) is 18.9. The molecule has 0 N–H and O–H groups in total. The quantitative estimate of drug-likeness (QED) is 0.478. The van der Waals surface area contributed by atoms with E-state index in [9.17, 15) is 0 Å². The number of hydrogen-bond donors (Lipinski definition) is 0. The van der Waals surface area contributed by atoms with Crippen molar-refractivity contribution in [2.24, 2.45) is 0 Å². The van der Waals surface area contributed by atoms with Gasteiger partial charge in [-0.15, -0.1) is 0 Å². The van der Waals surface area contributed by atoms with Gasteiger partial charge in [0, 0.05) is 24.2 Å². The van der Waals surface area contributed by atoms with Crippen LogP contribution in [0.5, 0.6) is 0 Å². The van der Waals surface area contributed by atoms with Crippen LogP contribution >= 0.6 is 8.45 Å². The molecule has 1 aromatic carbocycles. The molecule has 0 fully saturated rings. The first kappa shape index (κ1) is 22.6. The fourth-order valence-electron chi connectivity index (χ4n) is 3.52. The van der Waals surface area contributed by atoms with Crippen molar-refractivity contribution < 1.29 is 4.52 Å². The van der Waals surface area contributed by atoms with E-state index in [1.807, 2.05) is 0 Å². The van der Waals surface area contributed by atoms with E-state index >= 15 is 0 Å². The SMILES string of the molecule is Cc1cc(C)cc(COP(N(C(C)C)C(C)C)N(C(C)C)C(C)C)c1. The average Bonchev–Trinajstić information content (AvgIpc) is 2.41. The largest absolute Gasteiger partial charge is 0.326 e. The van der Waals surface area contributed by atoms with Gasteiger partial charge in [-0.2, -0.15) is 0 Å². The monoisotopic (exact) mass is 366 g/mol. The molecule has 1 aromatic rings. The molecule has 0 spiro atoms. The van der Waals surface area contributed by atoms with Crippen molar-refractivity contribution in [3.63, 3.8) is 0 Å². The molecule has 0 aromatic heterocycles. The average molecular weight is 367 g/mol. The molecule has 0 unspecified atom stereocenters. The second-order valence-electron chi connectivity index (χ2n) is 8.16. The third-order valence-electron chi connectivity index (χ3n) is 4.14. The summed E-state index contributed by atoms with van der Waals surface area (Å²) in [6, 6.07) is 8.50. The van der Waals surface area contributed by atoms with E-state index < -0.39 is 8.45 Å². The van der Waals surface area contributed by atoms with E-state index in [4.69, 9.17) is 4.52 Å². The first-order valence-electron chi connectivity index (χ1n) is 9.61. The van der Waals surface area contributed by atoms with Crippen LogP contribution in [0, 0.1) is 13.8 Å². The van der Waals surface area contributed by atoms with Gasteiger partial charge in [-0.05, 0) is 74.8 Å². The molecule has 144 valence electrons. The lowest BCUT2D eigenvalue weighted by Gasteiger charge is -2.45. The summed E-state index contributed by atoms with van der Waals surface area (Å²) in [5, 5.41) is 0. The zero-order valence-electron chi connectivity index (χ0n) is 18.0. The molecule has 0 atom stereocenters. The van der Waals surface area contributed by atoms with Crippen molar-refractivity contribution in [2.45, 2.75) is 100 Å². The van der Waals surface area contributed by atoms with Crippen molar-refractivity contribution in [3.05, 3.63) is 34.9 Å². The minimum atomic E-state index is -0.822. The van der Waals surface area contributed by atoms with Gasteiger partial charge in [0.15, 0.2) is 8.45 Å². The molecule has 0 saturated heterocycles. The highest BCUT2D eigenvalue weighted by atomic mass is 31.2. The third-order valence-corrected chi connectivity index (χ3v) is 7.14. The van der Waals surface area contributed by atoms with Crippen LogP contribution in [0.15, 0.2) is 18.2 Å². The third kappa shape index (κ3) is 6.64. The maximum absolute atomic E-state index is 6.62. The van der Waals surface area contributed by atoms with Crippen LogP contribution in [0.25, 0.3) is 0 Å². The Balaban J connectivity index is 3.12. The predicted octanol–water partition coefficient (Wildman–Crippen LogP) is 6.28. The standard InChI is InChI=1S/C21H39N2OP/c1-15(2)22(16(3)4)25(23(17(5)6)18(7)8)24-14-21-12-19(9)11-20(10)13-21/h11-13,15-18H,14H2,1-10H3. The molecule has 1 rings (SSSR count). The molecule has 25 heavy (non-hydrogen) atoms. The number of benzene rings is 1. The molecule has 0 heterocycles. The smallest absolute Gasteiger partial charge is 0.189 e. The van der Waals surface area contributed by atoms with Crippen LogP contribution in [-0.2, 0) is 11.1 Å². The summed E-state index contributed by atoms with van der Waals surface area (Å²) >= 11 is 0. The Bertz CT molecular complexity index is 472. The van der Waals surface area contributed by atoms with Crippen molar-refractivity contribution in [2.75, 3.05) is 0 Å². The molecule has 0 bridgehead atoms. The van der Waals surface area contributed by atoms with E-state index in [1.165, 1.54) is 16.7 Å². The van der Waals surface area contributed by atoms with Gasteiger partial charge in [0.2, 0.25) is 0 Å². The van der Waals surface area contributed by atoms with Gasteiger partial charge >= 0.3 is 0 Å². The lowest BCUT2D eigenvalue weighted by molar-refractivity contribution is 0.182. The number of aryl methyl sites for hydroxylation is 2. The van der Waals surface area contributed by atoms with Gasteiger partial charge in [0.1, 0.15) is 0 Å². The molecular weight excluding hydrogens is 327 g/mol. The maximum Gasteiger partial charge on any atom is 0.189 e. The first-order valence-corrected chi connectivity index (χ1v) is 10.8. The predicted molar refractivity (Wildman–Crippen MR) is 112 cm³/mol. The lowest BCUT2D eigenvalue weighted by atomic mass is 10.1. The van der Waals surface area contributed by atoms with Crippen LogP contribution < -0.4 is 0 Å². The fraction of sp³-hybridized carbons (Fsp3) is 0.714. The second kappa shape index (κ2) is 10.0. The normalized spacial score (nSPS) is 12.8. The number of rotatable bonds is 9. The summed E-state index contributed by atoms with van der Waals surface area (Å²) in [5.74, 6) is 0. The maximum atomic E-state index is 6.62. The lowest BCUT2D eigenvalue weighted by Crippen LogP contribution is -2.43. The highest BCUT2D eigenvalue weighted by molar-refractivity contribution is 7.47. The summed E-state index contributed by atoms with van der Waals surface area (Å²) in [7, 11) is -0.822. The summed E-state index contributed by atoms with van der Waals surface area (Å²) in [4.78, 5) is 0. The van der Waals surface area contributed by atoms with Gasteiger partial charge in [-0.1, -0.05) is 29.3 Å². The van der Waals surface area contributed by atoms with E-state index in [1.54, 1.807) is 0 Å². The first-order chi connectivity index (χ1) is 11.5.